The molecule has 1 saturated heterocycles. The Hall–Kier alpha value is -1.44. The molecule has 0 spiro atoms. The fourth-order valence-electron chi connectivity index (χ4n) is 3.53. The first kappa shape index (κ1) is 17.4. The molecule has 1 amide bonds. The van der Waals surface area contributed by atoms with Crippen LogP contribution in [0, 0.1) is 0 Å². The van der Waals surface area contributed by atoms with Crippen molar-refractivity contribution >= 4 is 15.7 Å². The lowest BCUT2D eigenvalue weighted by atomic mass is 9.63. The molecule has 1 aliphatic carbocycles. The van der Waals surface area contributed by atoms with Gasteiger partial charge in [-0.1, -0.05) is 18.6 Å². The van der Waals surface area contributed by atoms with Crippen LogP contribution in [0.15, 0.2) is 29.2 Å². The number of rotatable bonds is 4. The van der Waals surface area contributed by atoms with Gasteiger partial charge in [0.2, 0.25) is 5.91 Å². The van der Waals surface area contributed by atoms with E-state index in [0.29, 0.717) is 19.8 Å². The highest BCUT2D eigenvalue weighted by atomic mass is 32.2. The van der Waals surface area contributed by atoms with E-state index in [4.69, 9.17) is 4.74 Å². The van der Waals surface area contributed by atoms with Gasteiger partial charge >= 0.3 is 0 Å². The van der Waals surface area contributed by atoms with E-state index in [9.17, 15) is 18.3 Å². The highest BCUT2D eigenvalue weighted by molar-refractivity contribution is 7.90. The minimum absolute atomic E-state index is 0.0169. The number of morpholine rings is 1. The van der Waals surface area contributed by atoms with Crippen molar-refractivity contribution in [3.8, 4) is 0 Å². The van der Waals surface area contributed by atoms with Gasteiger partial charge in [0.05, 0.1) is 36.2 Å². The molecule has 1 N–H and O–H groups in total. The number of benzene rings is 1. The normalized spacial score (nSPS) is 23.6. The molecule has 3 rings (SSSR count). The predicted molar refractivity (Wildman–Crippen MR) is 88.5 cm³/mol. The average molecular weight is 353 g/mol. The van der Waals surface area contributed by atoms with E-state index in [1.54, 1.807) is 29.2 Å². The van der Waals surface area contributed by atoms with Crippen LogP contribution in [0.4, 0.5) is 0 Å². The van der Waals surface area contributed by atoms with Gasteiger partial charge in [0.1, 0.15) is 0 Å². The molecule has 132 valence electrons. The lowest BCUT2D eigenvalue weighted by molar-refractivity contribution is -0.151. The van der Waals surface area contributed by atoms with E-state index in [2.05, 4.69) is 0 Å². The number of carbonyl (C=O) groups excluding carboxylic acids is 1. The van der Waals surface area contributed by atoms with Crippen molar-refractivity contribution in [2.24, 2.45) is 0 Å². The average Bonchev–Trinajstić information content (AvgIpc) is 2.53. The van der Waals surface area contributed by atoms with E-state index in [-0.39, 0.29) is 23.5 Å². The zero-order chi connectivity index (χ0) is 17.4. The van der Waals surface area contributed by atoms with Gasteiger partial charge in [-0.05, 0) is 30.5 Å². The Morgan fingerprint density at radius 1 is 1.33 bits per heavy atom. The van der Waals surface area contributed by atoms with E-state index in [0.717, 1.165) is 24.8 Å². The highest BCUT2D eigenvalue weighted by Crippen LogP contribution is 2.45. The van der Waals surface area contributed by atoms with Crippen molar-refractivity contribution < 1.29 is 23.1 Å². The molecule has 24 heavy (non-hydrogen) atoms. The number of nitrogens with zero attached hydrogens (tertiary/aromatic N) is 1. The number of hydrogen-bond acceptors (Lipinski definition) is 5. The van der Waals surface area contributed by atoms with Gasteiger partial charge in [0, 0.05) is 12.8 Å². The maximum atomic E-state index is 13.2. The maximum Gasteiger partial charge on any atom is 0.233 e. The molecule has 2 aliphatic rings. The summed E-state index contributed by atoms with van der Waals surface area (Å²) >= 11 is 0. The smallest absolute Gasteiger partial charge is 0.233 e. The molecule has 6 nitrogen and oxygen atoms in total. The van der Waals surface area contributed by atoms with Crippen LogP contribution in [-0.2, 0) is 24.8 Å². The number of amides is 1. The summed E-state index contributed by atoms with van der Waals surface area (Å²) in [6, 6.07) is 6.34. The van der Waals surface area contributed by atoms with Crippen molar-refractivity contribution in [3.05, 3.63) is 29.8 Å². The summed E-state index contributed by atoms with van der Waals surface area (Å²) in [5, 5.41) is 9.52. The summed E-state index contributed by atoms with van der Waals surface area (Å²) in [5.41, 5.74) is 0.259. The summed E-state index contributed by atoms with van der Waals surface area (Å²) in [5.74, 6) is 0.0169. The summed E-state index contributed by atoms with van der Waals surface area (Å²) in [4.78, 5) is 15.2. The van der Waals surface area contributed by atoms with Gasteiger partial charge in [-0.15, -0.1) is 0 Å². The zero-order valence-corrected chi connectivity index (χ0v) is 14.6. The van der Waals surface area contributed by atoms with E-state index in [1.807, 2.05) is 0 Å². The van der Waals surface area contributed by atoms with Crippen LogP contribution in [0.3, 0.4) is 0 Å². The zero-order valence-electron chi connectivity index (χ0n) is 13.8. The SMILES string of the molecule is CS(=O)(=O)c1ccc(C2(C(=O)N3CCOCC3CO)CCC2)cc1. The largest absolute Gasteiger partial charge is 0.394 e. The van der Waals surface area contributed by atoms with Crippen LogP contribution in [0.2, 0.25) is 0 Å². The second-order valence-corrected chi connectivity index (χ2v) is 8.66. The van der Waals surface area contributed by atoms with Crippen molar-refractivity contribution in [2.45, 2.75) is 35.6 Å². The summed E-state index contributed by atoms with van der Waals surface area (Å²) < 4.78 is 28.6. The van der Waals surface area contributed by atoms with Crippen LogP contribution >= 0.6 is 0 Å². The molecule has 1 saturated carbocycles. The molecule has 7 heteroatoms. The first-order valence-corrected chi connectivity index (χ1v) is 10.1. The quantitative estimate of drug-likeness (QED) is 0.863. The number of aliphatic hydroxyl groups is 1. The van der Waals surface area contributed by atoms with Crippen LogP contribution in [0.25, 0.3) is 0 Å². The Morgan fingerprint density at radius 2 is 2.00 bits per heavy atom. The lowest BCUT2D eigenvalue weighted by Gasteiger charge is -2.47. The standard InChI is InChI=1S/C17H23NO5S/c1-24(21,22)15-5-3-13(4-6-15)17(7-2-8-17)16(20)18-9-10-23-12-14(18)11-19/h3-6,14,19H,2,7-12H2,1H3. The number of aliphatic hydroxyl groups excluding tert-OH is 1. The molecule has 2 fully saturated rings. The van der Waals surface area contributed by atoms with Gasteiger partial charge in [-0.25, -0.2) is 8.42 Å². The third kappa shape index (κ3) is 2.96. The van der Waals surface area contributed by atoms with Crippen molar-refractivity contribution in [2.75, 3.05) is 32.6 Å². The Bertz CT molecular complexity index is 709. The molecule has 0 bridgehead atoms. The van der Waals surface area contributed by atoms with E-state index >= 15 is 0 Å². The summed E-state index contributed by atoms with van der Waals surface area (Å²) in [6.45, 7) is 1.19. The van der Waals surface area contributed by atoms with Gasteiger partial charge in [0.25, 0.3) is 0 Å². The van der Waals surface area contributed by atoms with Gasteiger partial charge in [-0.3, -0.25) is 4.79 Å². The Kier molecular flexibility index (Phi) is 4.68. The number of ether oxygens (including phenoxy) is 1. The molecule has 1 aromatic rings. The van der Waals surface area contributed by atoms with Gasteiger partial charge in [-0.2, -0.15) is 0 Å². The summed E-state index contributed by atoms with van der Waals surface area (Å²) in [6.07, 6.45) is 3.64. The third-order valence-electron chi connectivity index (χ3n) is 5.15. The molecule has 0 aromatic heterocycles. The Balaban J connectivity index is 1.90. The van der Waals surface area contributed by atoms with Crippen molar-refractivity contribution in [3.63, 3.8) is 0 Å². The van der Waals surface area contributed by atoms with Crippen LogP contribution in [-0.4, -0.2) is 63.0 Å². The predicted octanol–water partition coefficient (Wildman–Crippen LogP) is 0.731. The first-order valence-electron chi connectivity index (χ1n) is 8.19. The topological polar surface area (TPSA) is 83.9 Å². The molecular formula is C17H23NO5S. The molecule has 1 aliphatic heterocycles. The minimum atomic E-state index is -3.25. The maximum absolute atomic E-state index is 13.2. The fourth-order valence-corrected chi connectivity index (χ4v) is 4.16. The van der Waals surface area contributed by atoms with E-state index in [1.165, 1.54) is 6.26 Å². The molecule has 1 atom stereocenters. The monoisotopic (exact) mass is 353 g/mol. The summed E-state index contributed by atoms with van der Waals surface area (Å²) in [7, 11) is -3.25. The van der Waals surface area contributed by atoms with Crippen LogP contribution < -0.4 is 0 Å². The second-order valence-electron chi connectivity index (χ2n) is 6.64. The number of hydrogen-bond donors (Lipinski definition) is 1. The second kappa shape index (κ2) is 6.46. The van der Waals surface area contributed by atoms with E-state index < -0.39 is 15.3 Å². The Morgan fingerprint density at radius 3 is 2.50 bits per heavy atom. The van der Waals surface area contributed by atoms with Gasteiger partial charge in [0.15, 0.2) is 9.84 Å². The molecule has 1 unspecified atom stereocenters. The molecular weight excluding hydrogens is 330 g/mol. The first-order chi connectivity index (χ1) is 11.4. The molecule has 1 aromatic carbocycles. The van der Waals surface area contributed by atoms with Gasteiger partial charge < -0.3 is 14.7 Å². The Labute approximate surface area is 142 Å². The molecule has 1 heterocycles. The van der Waals surface area contributed by atoms with Crippen molar-refractivity contribution in [1.82, 2.24) is 4.90 Å². The van der Waals surface area contributed by atoms with Crippen LogP contribution in [0.5, 0.6) is 0 Å². The number of carbonyl (C=O) groups is 1. The van der Waals surface area contributed by atoms with Crippen molar-refractivity contribution in [1.29, 1.82) is 0 Å². The van der Waals surface area contributed by atoms with Crippen LogP contribution in [0.1, 0.15) is 24.8 Å². The highest BCUT2D eigenvalue weighted by Gasteiger charge is 2.49. The lowest BCUT2D eigenvalue weighted by Crippen LogP contribution is -2.58. The number of sulfone groups is 1. The fraction of sp³-hybridized carbons (Fsp3) is 0.588. The third-order valence-corrected chi connectivity index (χ3v) is 6.28. The molecule has 0 radical (unpaired) electrons. The minimum Gasteiger partial charge on any atom is -0.394 e.